The van der Waals surface area contributed by atoms with E-state index in [1.807, 2.05) is 43.3 Å². The molecule has 0 radical (unpaired) electrons. The number of nitrogens with one attached hydrogen (secondary N) is 2. The summed E-state index contributed by atoms with van der Waals surface area (Å²) >= 11 is 0. The van der Waals surface area contributed by atoms with E-state index in [1.165, 1.54) is 0 Å². The normalized spacial score (nSPS) is 15.0. The molecule has 0 aromatic heterocycles. The molecule has 26 heavy (non-hydrogen) atoms. The van der Waals surface area contributed by atoms with E-state index in [2.05, 4.69) is 30.5 Å². The smallest absolute Gasteiger partial charge is 0.246 e. The number of ether oxygens (including phenoxy) is 2. The maximum atomic E-state index is 12.6. The van der Waals surface area contributed by atoms with E-state index in [9.17, 15) is 4.79 Å². The van der Waals surface area contributed by atoms with Gasteiger partial charge in [-0.3, -0.25) is 4.79 Å². The van der Waals surface area contributed by atoms with Gasteiger partial charge in [0.05, 0.1) is 0 Å². The summed E-state index contributed by atoms with van der Waals surface area (Å²) in [7, 11) is 0. The summed E-state index contributed by atoms with van der Waals surface area (Å²) in [6.45, 7) is 7.27. The number of carbonyl (C=O) groups is 1. The Kier molecular flexibility index (Phi) is 5.66. The zero-order valence-corrected chi connectivity index (χ0v) is 15.5. The highest BCUT2D eigenvalue weighted by atomic mass is 16.6. The van der Waals surface area contributed by atoms with Crippen LogP contribution in [0.3, 0.4) is 0 Å². The number of para-hydroxylation sites is 1. The largest absolute Gasteiger partial charge is 0.486 e. The summed E-state index contributed by atoms with van der Waals surface area (Å²) in [5.41, 5.74) is 2.87. The van der Waals surface area contributed by atoms with Crippen molar-refractivity contribution < 1.29 is 14.3 Å². The molecule has 0 saturated carbocycles. The van der Waals surface area contributed by atoms with Crippen molar-refractivity contribution in [2.24, 2.45) is 0 Å². The predicted octanol–water partition coefficient (Wildman–Crippen LogP) is 4.41. The van der Waals surface area contributed by atoms with E-state index >= 15 is 0 Å². The van der Waals surface area contributed by atoms with Crippen LogP contribution in [0, 0.1) is 0 Å². The Morgan fingerprint density at radius 2 is 1.81 bits per heavy atom. The first-order chi connectivity index (χ1) is 12.6. The standard InChI is InChI=1S/C21H26N2O3/c1-4-14(2)17-7-5-6-8-18(17)23-21(24)15(3)22-16-9-10-19-20(13-16)26-12-11-25-19/h5-10,13-15,22H,4,11-12H2,1-3H3,(H,23,24)/t14-,15+/m1/s1. The second-order valence-electron chi connectivity index (χ2n) is 6.61. The molecule has 5 nitrogen and oxygen atoms in total. The van der Waals surface area contributed by atoms with Crippen LogP contribution in [0.2, 0.25) is 0 Å². The number of amides is 1. The Morgan fingerprint density at radius 1 is 1.08 bits per heavy atom. The fourth-order valence-electron chi connectivity index (χ4n) is 2.95. The lowest BCUT2D eigenvalue weighted by atomic mass is 9.97. The summed E-state index contributed by atoms with van der Waals surface area (Å²) in [5.74, 6) is 1.76. The number of carbonyl (C=O) groups excluding carboxylic acids is 1. The van der Waals surface area contributed by atoms with Crippen molar-refractivity contribution in [3.63, 3.8) is 0 Å². The second-order valence-corrected chi connectivity index (χ2v) is 6.61. The lowest BCUT2D eigenvalue weighted by molar-refractivity contribution is -0.116. The van der Waals surface area contributed by atoms with Gasteiger partial charge in [0.15, 0.2) is 11.5 Å². The van der Waals surface area contributed by atoms with Gasteiger partial charge in [-0.15, -0.1) is 0 Å². The summed E-state index contributed by atoms with van der Waals surface area (Å²) < 4.78 is 11.1. The van der Waals surface area contributed by atoms with E-state index in [1.54, 1.807) is 0 Å². The molecule has 1 aliphatic heterocycles. The van der Waals surface area contributed by atoms with E-state index < -0.39 is 0 Å². The summed E-state index contributed by atoms with van der Waals surface area (Å²) in [4.78, 5) is 12.6. The molecule has 2 aromatic rings. The Bertz CT molecular complexity index is 776. The SMILES string of the molecule is CC[C@@H](C)c1ccccc1NC(=O)[C@H](C)Nc1ccc2c(c1)OCCO2. The number of rotatable bonds is 6. The summed E-state index contributed by atoms with van der Waals surface area (Å²) in [6.07, 6.45) is 1.03. The number of hydrogen-bond acceptors (Lipinski definition) is 4. The molecule has 2 aromatic carbocycles. The van der Waals surface area contributed by atoms with Gasteiger partial charge in [0.1, 0.15) is 19.3 Å². The van der Waals surface area contributed by atoms with Crippen LogP contribution in [0.15, 0.2) is 42.5 Å². The Labute approximate surface area is 154 Å². The molecule has 0 aliphatic carbocycles. The van der Waals surface area contributed by atoms with Crippen LogP contribution < -0.4 is 20.1 Å². The van der Waals surface area contributed by atoms with Gasteiger partial charge < -0.3 is 20.1 Å². The van der Waals surface area contributed by atoms with Crippen LogP contribution in [0.25, 0.3) is 0 Å². The minimum atomic E-state index is -0.387. The van der Waals surface area contributed by atoms with E-state index in [-0.39, 0.29) is 11.9 Å². The fourth-order valence-corrected chi connectivity index (χ4v) is 2.95. The Balaban J connectivity index is 1.67. The third kappa shape index (κ3) is 4.10. The number of fused-ring (bicyclic) bond motifs is 1. The fraction of sp³-hybridized carbons (Fsp3) is 0.381. The van der Waals surface area contributed by atoms with E-state index in [0.29, 0.717) is 24.9 Å². The quantitative estimate of drug-likeness (QED) is 0.807. The third-order valence-corrected chi connectivity index (χ3v) is 4.68. The average Bonchev–Trinajstić information content (AvgIpc) is 2.67. The topological polar surface area (TPSA) is 59.6 Å². The lowest BCUT2D eigenvalue weighted by Crippen LogP contribution is -2.32. The molecule has 1 heterocycles. The molecule has 1 aliphatic rings. The molecular weight excluding hydrogens is 328 g/mol. The van der Waals surface area contributed by atoms with Crippen molar-refractivity contribution in [1.82, 2.24) is 0 Å². The van der Waals surface area contributed by atoms with Gasteiger partial charge in [-0.25, -0.2) is 0 Å². The minimum Gasteiger partial charge on any atom is -0.486 e. The van der Waals surface area contributed by atoms with E-state index in [0.717, 1.165) is 29.1 Å². The number of benzene rings is 2. The maximum Gasteiger partial charge on any atom is 0.246 e. The zero-order chi connectivity index (χ0) is 18.5. The first-order valence-electron chi connectivity index (χ1n) is 9.14. The lowest BCUT2D eigenvalue weighted by Gasteiger charge is -2.21. The van der Waals surface area contributed by atoms with Crippen molar-refractivity contribution in [3.05, 3.63) is 48.0 Å². The monoisotopic (exact) mass is 354 g/mol. The average molecular weight is 354 g/mol. The van der Waals surface area contributed by atoms with Gasteiger partial charge in [0.2, 0.25) is 5.91 Å². The summed E-state index contributed by atoms with van der Waals surface area (Å²) in [6, 6.07) is 13.2. The van der Waals surface area contributed by atoms with Gasteiger partial charge >= 0.3 is 0 Å². The molecule has 0 unspecified atom stereocenters. The Morgan fingerprint density at radius 3 is 2.58 bits per heavy atom. The molecule has 5 heteroatoms. The Hall–Kier alpha value is -2.69. The van der Waals surface area contributed by atoms with Crippen LogP contribution in [-0.2, 0) is 4.79 Å². The second kappa shape index (κ2) is 8.13. The third-order valence-electron chi connectivity index (χ3n) is 4.68. The van der Waals surface area contributed by atoms with Gasteiger partial charge in [-0.2, -0.15) is 0 Å². The van der Waals surface area contributed by atoms with Crippen LogP contribution in [0.5, 0.6) is 11.5 Å². The molecule has 0 bridgehead atoms. The molecular formula is C21H26N2O3. The van der Waals surface area contributed by atoms with Crippen molar-refractivity contribution in [2.75, 3.05) is 23.8 Å². The highest BCUT2D eigenvalue weighted by molar-refractivity contribution is 5.97. The summed E-state index contributed by atoms with van der Waals surface area (Å²) in [5, 5.41) is 6.28. The molecule has 1 amide bonds. The molecule has 2 N–H and O–H groups in total. The van der Waals surface area contributed by atoms with Crippen LogP contribution in [0.1, 0.15) is 38.7 Å². The first kappa shape index (κ1) is 18.1. The van der Waals surface area contributed by atoms with Gasteiger partial charge in [-0.1, -0.05) is 32.0 Å². The highest BCUT2D eigenvalue weighted by Crippen LogP contribution is 2.33. The van der Waals surface area contributed by atoms with Crippen molar-refractivity contribution >= 4 is 17.3 Å². The van der Waals surface area contributed by atoms with Crippen molar-refractivity contribution in [3.8, 4) is 11.5 Å². The molecule has 3 rings (SSSR count). The molecule has 2 atom stereocenters. The first-order valence-corrected chi connectivity index (χ1v) is 9.14. The maximum absolute atomic E-state index is 12.6. The molecule has 138 valence electrons. The highest BCUT2D eigenvalue weighted by Gasteiger charge is 2.17. The van der Waals surface area contributed by atoms with E-state index in [4.69, 9.17) is 9.47 Å². The van der Waals surface area contributed by atoms with Crippen molar-refractivity contribution in [2.45, 2.75) is 39.2 Å². The molecule has 0 saturated heterocycles. The minimum absolute atomic E-state index is 0.0735. The van der Waals surface area contributed by atoms with Crippen LogP contribution >= 0.6 is 0 Å². The molecule has 0 fully saturated rings. The van der Waals surface area contributed by atoms with Gasteiger partial charge in [-0.05, 0) is 43.0 Å². The van der Waals surface area contributed by atoms with Crippen LogP contribution in [0.4, 0.5) is 11.4 Å². The van der Waals surface area contributed by atoms with Gasteiger partial charge in [0, 0.05) is 17.4 Å². The number of hydrogen-bond donors (Lipinski definition) is 2. The van der Waals surface area contributed by atoms with Gasteiger partial charge in [0.25, 0.3) is 0 Å². The molecule has 0 spiro atoms. The number of anilines is 2. The zero-order valence-electron chi connectivity index (χ0n) is 15.5. The predicted molar refractivity (Wildman–Crippen MR) is 104 cm³/mol. The van der Waals surface area contributed by atoms with Crippen molar-refractivity contribution in [1.29, 1.82) is 0 Å². The van der Waals surface area contributed by atoms with Crippen LogP contribution in [-0.4, -0.2) is 25.2 Å².